The Morgan fingerprint density at radius 2 is 1.90 bits per heavy atom. The van der Waals surface area contributed by atoms with Gasteiger partial charge in [0.2, 0.25) is 0 Å². The van der Waals surface area contributed by atoms with Crippen molar-refractivity contribution in [3.8, 4) is 0 Å². The molecule has 152 valence electrons. The smallest absolute Gasteiger partial charge is 0.260 e. The zero-order chi connectivity index (χ0) is 21.3. The summed E-state index contributed by atoms with van der Waals surface area (Å²) in [5.74, 6) is -0.650. The van der Waals surface area contributed by atoms with Crippen molar-refractivity contribution in [1.29, 1.82) is 0 Å². The highest BCUT2D eigenvalue weighted by molar-refractivity contribution is 6.07. The number of carbonyl (C=O) groups excluding carboxylic acids is 1. The number of halogens is 1. The molecule has 7 heteroatoms. The molecule has 0 spiro atoms. The van der Waals surface area contributed by atoms with Crippen molar-refractivity contribution in [3.63, 3.8) is 0 Å². The van der Waals surface area contributed by atoms with Crippen LogP contribution in [0.3, 0.4) is 0 Å². The molecule has 6 nitrogen and oxygen atoms in total. The van der Waals surface area contributed by atoms with E-state index in [-0.39, 0.29) is 36.5 Å². The normalized spacial score (nSPS) is 12.2. The Balaban J connectivity index is 1.76. The highest BCUT2D eigenvalue weighted by atomic mass is 19.1. The van der Waals surface area contributed by atoms with Crippen LogP contribution < -0.4 is 10.9 Å². The maximum atomic E-state index is 13.1. The van der Waals surface area contributed by atoms with E-state index in [1.807, 2.05) is 6.92 Å². The first-order valence-corrected chi connectivity index (χ1v) is 9.57. The first kappa shape index (κ1) is 19.7. The van der Waals surface area contributed by atoms with Crippen molar-refractivity contribution >= 4 is 27.6 Å². The van der Waals surface area contributed by atoms with Gasteiger partial charge in [0.1, 0.15) is 5.82 Å². The fourth-order valence-corrected chi connectivity index (χ4v) is 3.62. The highest BCUT2D eigenvalue weighted by Crippen LogP contribution is 2.24. The molecule has 0 aliphatic carbocycles. The van der Waals surface area contributed by atoms with E-state index in [1.54, 1.807) is 42.6 Å². The van der Waals surface area contributed by atoms with Crippen LogP contribution in [-0.4, -0.2) is 27.2 Å². The SMILES string of the molecule is C[C@@H](NC(=O)c1ccc2c3ccncc3c(=O)n(CCO)c2c1)c1ccc(F)cc1. The van der Waals surface area contributed by atoms with Gasteiger partial charge in [-0.05, 0) is 48.2 Å². The molecule has 0 saturated carbocycles. The number of aliphatic hydroxyl groups is 1. The van der Waals surface area contributed by atoms with E-state index < -0.39 is 0 Å². The summed E-state index contributed by atoms with van der Waals surface area (Å²) in [5.41, 5.74) is 1.46. The number of nitrogens with zero attached hydrogens (tertiary/aromatic N) is 2. The van der Waals surface area contributed by atoms with Gasteiger partial charge < -0.3 is 15.0 Å². The summed E-state index contributed by atoms with van der Waals surface area (Å²) in [5, 5.41) is 14.3. The van der Waals surface area contributed by atoms with E-state index in [2.05, 4.69) is 10.3 Å². The van der Waals surface area contributed by atoms with E-state index in [4.69, 9.17) is 0 Å². The molecule has 0 bridgehead atoms. The molecule has 0 aliphatic heterocycles. The minimum atomic E-state index is -0.337. The minimum Gasteiger partial charge on any atom is -0.395 e. The van der Waals surface area contributed by atoms with Crippen LogP contribution in [0.15, 0.2) is 65.7 Å². The highest BCUT2D eigenvalue weighted by Gasteiger charge is 2.15. The average molecular weight is 405 g/mol. The maximum Gasteiger partial charge on any atom is 0.260 e. The van der Waals surface area contributed by atoms with Crippen molar-refractivity contribution in [3.05, 3.63) is 88.2 Å². The number of rotatable bonds is 5. The van der Waals surface area contributed by atoms with Crippen molar-refractivity contribution in [2.24, 2.45) is 0 Å². The van der Waals surface area contributed by atoms with Gasteiger partial charge in [0, 0.05) is 29.9 Å². The predicted octanol–water partition coefficient (Wildman–Crippen LogP) is 3.17. The number of benzene rings is 2. The average Bonchev–Trinajstić information content (AvgIpc) is 2.76. The molecule has 4 rings (SSSR count). The van der Waals surface area contributed by atoms with Crippen molar-refractivity contribution < 1.29 is 14.3 Å². The lowest BCUT2D eigenvalue weighted by Crippen LogP contribution is -2.27. The zero-order valence-corrected chi connectivity index (χ0v) is 16.3. The van der Waals surface area contributed by atoms with Crippen LogP contribution in [0.5, 0.6) is 0 Å². The summed E-state index contributed by atoms with van der Waals surface area (Å²) in [7, 11) is 0. The molecule has 30 heavy (non-hydrogen) atoms. The number of aromatic nitrogens is 2. The molecule has 2 heterocycles. The van der Waals surface area contributed by atoms with Crippen LogP contribution in [0.2, 0.25) is 0 Å². The molecule has 0 unspecified atom stereocenters. The third-order valence-corrected chi connectivity index (χ3v) is 5.18. The van der Waals surface area contributed by atoms with Crippen molar-refractivity contribution in [2.75, 3.05) is 6.61 Å². The molecule has 1 amide bonds. The van der Waals surface area contributed by atoms with Gasteiger partial charge in [0.25, 0.3) is 11.5 Å². The molecular weight excluding hydrogens is 385 g/mol. The fourth-order valence-electron chi connectivity index (χ4n) is 3.62. The van der Waals surface area contributed by atoms with Gasteiger partial charge in [0.05, 0.1) is 23.6 Å². The molecule has 1 atom stereocenters. The largest absolute Gasteiger partial charge is 0.395 e. The molecular formula is C23H20FN3O3. The lowest BCUT2D eigenvalue weighted by Gasteiger charge is -2.16. The van der Waals surface area contributed by atoms with Gasteiger partial charge in [-0.1, -0.05) is 18.2 Å². The van der Waals surface area contributed by atoms with Crippen LogP contribution in [0.1, 0.15) is 28.9 Å². The van der Waals surface area contributed by atoms with Crippen LogP contribution in [-0.2, 0) is 6.54 Å². The van der Waals surface area contributed by atoms with Gasteiger partial charge in [-0.15, -0.1) is 0 Å². The lowest BCUT2D eigenvalue weighted by molar-refractivity contribution is 0.0940. The fraction of sp³-hybridized carbons (Fsp3) is 0.174. The molecule has 2 aromatic carbocycles. The van der Waals surface area contributed by atoms with Gasteiger partial charge in [-0.3, -0.25) is 14.6 Å². The Morgan fingerprint density at radius 1 is 1.13 bits per heavy atom. The monoisotopic (exact) mass is 405 g/mol. The molecule has 0 saturated heterocycles. The molecule has 2 aromatic heterocycles. The van der Waals surface area contributed by atoms with Gasteiger partial charge in [-0.2, -0.15) is 0 Å². The molecule has 2 N–H and O–H groups in total. The second-order valence-electron chi connectivity index (χ2n) is 7.08. The summed E-state index contributed by atoms with van der Waals surface area (Å²) in [6, 6.07) is 12.5. The van der Waals surface area contributed by atoms with Crippen LogP contribution in [0.25, 0.3) is 21.7 Å². The summed E-state index contributed by atoms with van der Waals surface area (Å²) in [6.45, 7) is 1.71. The second kappa shape index (κ2) is 8.04. The van der Waals surface area contributed by atoms with Crippen molar-refractivity contribution in [2.45, 2.75) is 19.5 Å². The number of hydrogen-bond donors (Lipinski definition) is 2. The maximum absolute atomic E-state index is 13.1. The number of pyridine rings is 2. The summed E-state index contributed by atoms with van der Waals surface area (Å²) < 4.78 is 14.6. The number of fused-ring (bicyclic) bond motifs is 3. The minimum absolute atomic E-state index is 0.108. The topological polar surface area (TPSA) is 84.2 Å². The standard InChI is InChI=1S/C23H20FN3O3/c1-14(15-2-5-17(24)6-3-15)26-22(29)16-4-7-19-18-8-9-25-13-20(18)23(30)27(10-11-28)21(19)12-16/h2-9,12-14,28H,10-11H2,1H3,(H,26,29)/t14-/m1/s1. The Hall–Kier alpha value is -3.58. The van der Waals surface area contributed by atoms with Gasteiger partial charge in [-0.25, -0.2) is 4.39 Å². The van der Waals surface area contributed by atoms with E-state index in [0.717, 1.165) is 16.3 Å². The van der Waals surface area contributed by atoms with E-state index in [1.165, 1.54) is 22.9 Å². The third kappa shape index (κ3) is 3.55. The quantitative estimate of drug-likeness (QED) is 0.500. The summed E-state index contributed by atoms with van der Waals surface area (Å²) >= 11 is 0. The zero-order valence-electron chi connectivity index (χ0n) is 16.3. The Kier molecular flexibility index (Phi) is 5.29. The lowest BCUT2D eigenvalue weighted by atomic mass is 10.0. The number of amides is 1. The summed E-state index contributed by atoms with van der Waals surface area (Å²) in [4.78, 5) is 29.7. The first-order valence-electron chi connectivity index (χ1n) is 9.57. The third-order valence-electron chi connectivity index (χ3n) is 5.18. The summed E-state index contributed by atoms with van der Waals surface area (Å²) in [6.07, 6.45) is 3.12. The molecule has 0 fully saturated rings. The molecule has 4 aromatic rings. The van der Waals surface area contributed by atoms with E-state index >= 15 is 0 Å². The van der Waals surface area contributed by atoms with Crippen LogP contribution >= 0.6 is 0 Å². The Bertz CT molecular complexity index is 1300. The number of hydrogen-bond acceptors (Lipinski definition) is 4. The van der Waals surface area contributed by atoms with Gasteiger partial charge >= 0.3 is 0 Å². The van der Waals surface area contributed by atoms with E-state index in [9.17, 15) is 19.1 Å². The Morgan fingerprint density at radius 3 is 2.63 bits per heavy atom. The number of aliphatic hydroxyl groups excluding tert-OH is 1. The number of nitrogens with one attached hydrogen (secondary N) is 1. The van der Waals surface area contributed by atoms with Crippen molar-refractivity contribution in [1.82, 2.24) is 14.9 Å². The van der Waals surface area contributed by atoms with Crippen LogP contribution in [0, 0.1) is 5.82 Å². The molecule has 0 aliphatic rings. The predicted molar refractivity (Wildman–Crippen MR) is 113 cm³/mol. The van der Waals surface area contributed by atoms with Crippen LogP contribution in [0.4, 0.5) is 4.39 Å². The van der Waals surface area contributed by atoms with E-state index in [0.29, 0.717) is 16.5 Å². The van der Waals surface area contributed by atoms with Gasteiger partial charge in [0.15, 0.2) is 0 Å². The number of carbonyl (C=O) groups is 1. The second-order valence-corrected chi connectivity index (χ2v) is 7.08. The molecule has 0 radical (unpaired) electrons. The Labute approximate surface area is 171 Å². The first-order chi connectivity index (χ1) is 14.5.